The first-order valence-corrected chi connectivity index (χ1v) is 6.67. The zero-order chi connectivity index (χ0) is 11.7. The van der Waals surface area contributed by atoms with Crippen LogP contribution in [0.15, 0.2) is 15.4 Å². The van der Waals surface area contributed by atoms with Crippen LogP contribution in [0.5, 0.6) is 0 Å². The summed E-state index contributed by atoms with van der Waals surface area (Å²) in [5.41, 5.74) is 2.50. The number of aliphatic hydroxyl groups excluding tert-OH is 1. The van der Waals surface area contributed by atoms with E-state index < -0.39 is 0 Å². The van der Waals surface area contributed by atoms with Crippen molar-refractivity contribution in [3.05, 3.63) is 16.8 Å². The second kappa shape index (κ2) is 4.54. The van der Waals surface area contributed by atoms with Crippen molar-refractivity contribution in [3.8, 4) is 11.5 Å². The van der Waals surface area contributed by atoms with E-state index >= 15 is 0 Å². The number of thiazole rings is 1. The first-order valence-electron chi connectivity index (χ1n) is 5.73. The van der Waals surface area contributed by atoms with Gasteiger partial charge in [0.25, 0.3) is 0 Å². The fourth-order valence-electron chi connectivity index (χ4n) is 2.22. The van der Waals surface area contributed by atoms with Crippen LogP contribution in [0.2, 0.25) is 0 Å². The van der Waals surface area contributed by atoms with Crippen molar-refractivity contribution < 1.29 is 9.63 Å². The molecule has 0 spiro atoms. The highest BCUT2D eigenvalue weighted by Crippen LogP contribution is 2.32. The summed E-state index contributed by atoms with van der Waals surface area (Å²) in [6.07, 6.45) is 3.39. The van der Waals surface area contributed by atoms with Crippen LogP contribution in [0, 0.1) is 0 Å². The van der Waals surface area contributed by atoms with Crippen LogP contribution in [-0.2, 0) is 0 Å². The molecule has 0 radical (unpaired) electrons. The van der Waals surface area contributed by atoms with Crippen molar-refractivity contribution in [2.24, 2.45) is 0 Å². The van der Waals surface area contributed by atoms with Crippen molar-refractivity contribution >= 4 is 11.3 Å². The molecule has 1 saturated carbocycles. The van der Waals surface area contributed by atoms with E-state index in [4.69, 9.17) is 4.52 Å². The number of nitrogens with zero attached hydrogens (tertiary/aromatic N) is 3. The molecule has 0 aliphatic heterocycles. The van der Waals surface area contributed by atoms with E-state index in [1.54, 1.807) is 5.51 Å². The van der Waals surface area contributed by atoms with E-state index in [0.29, 0.717) is 11.7 Å². The predicted octanol–water partition coefficient (Wildman–Crippen LogP) is 2.21. The summed E-state index contributed by atoms with van der Waals surface area (Å²) in [7, 11) is 0. The van der Waals surface area contributed by atoms with Gasteiger partial charge < -0.3 is 9.63 Å². The van der Waals surface area contributed by atoms with Gasteiger partial charge in [-0.2, -0.15) is 4.98 Å². The Morgan fingerprint density at radius 3 is 3.12 bits per heavy atom. The molecule has 5 nitrogen and oxygen atoms in total. The Kier molecular flexibility index (Phi) is 2.90. The summed E-state index contributed by atoms with van der Waals surface area (Å²) in [5, 5.41) is 15.5. The highest BCUT2D eigenvalue weighted by Gasteiger charge is 2.26. The average Bonchev–Trinajstić information content (AvgIpc) is 3.00. The summed E-state index contributed by atoms with van der Waals surface area (Å²) < 4.78 is 5.27. The summed E-state index contributed by atoms with van der Waals surface area (Å²) in [6.45, 7) is 0. The van der Waals surface area contributed by atoms with Gasteiger partial charge in [-0.25, -0.2) is 4.98 Å². The van der Waals surface area contributed by atoms with Gasteiger partial charge in [0.15, 0.2) is 0 Å². The number of aromatic nitrogens is 3. The highest BCUT2D eigenvalue weighted by atomic mass is 32.1. The second-order valence-corrected chi connectivity index (χ2v) is 5.07. The van der Waals surface area contributed by atoms with Crippen LogP contribution in [0.3, 0.4) is 0 Å². The average molecular weight is 251 g/mol. The number of hydrogen-bond acceptors (Lipinski definition) is 6. The molecule has 0 bridgehead atoms. The van der Waals surface area contributed by atoms with Crippen molar-refractivity contribution in [1.82, 2.24) is 15.1 Å². The Bertz CT molecular complexity index is 483. The summed E-state index contributed by atoms with van der Waals surface area (Å²) >= 11 is 1.51. The molecule has 2 heterocycles. The standard InChI is InChI=1S/C11H13N3O2S/c15-8-3-1-2-7(4-8)11-13-10(14-16-11)9-5-17-6-12-9/h5-8,15H,1-4H2. The second-order valence-electron chi connectivity index (χ2n) is 4.35. The number of hydrogen-bond donors (Lipinski definition) is 1. The maximum Gasteiger partial charge on any atom is 0.230 e. The van der Waals surface area contributed by atoms with Gasteiger partial charge in [0.2, 0.25) is 11.7 Å². The van der Waals surface area contributed by atoms with Gasteiger partial charge in [0, 0.05) is 11.3 Å². The van der Waals surface area contributed by atoms with Crippen molar-refractivity contribution in [3.63, 3.8) is 0 Å². The molecule has 3 rings (SSSR count). The predicted molar refractivity (Wildman–Crippen MR) is 62.6 cm³/mol. The normalized spacial score (nSPS) is 25.0. The van der Waals surface area contributed by atoms with Crippen molar-refractivity contribution in [2.75, 3.05) is 0 Å². The molecule has 90 valence electrons. The maximum absolute atomic E-state index is 9.63. The molecule has 2 unspecified atom stereocenters. The Hall–Kier alpha value is -1.27. The fourth-order valence-corrected chi connectivity index (χ4v) is 2.75. The number of rotatable bonds is 2. The zero-order valence-electron chi connectivity index (χ0n) is 9.24. The van der Waals surface area contributed by atoms with E-state index in [2.05, 4.69) is 15.1 Å². The lowest BCUT2D eigenvalue weighted by atomic mass is 9.87. The summed E-state index contributed by atoms with van der Waals surface area (Å²) in [5.74, 6) is 1.37. The molecule has 0 aromatic carbocycles. The molecule has 1 aliphatic carbocycles. The molecular weight excluding hydrogens is 238 g/mol. The molecule has 1 aliphatic rings. The lowest BCUT2D eigenvalue weighted by Crippen LogP contribution is -2.18. The molecule has 0 saturated heterocycles. The van der Waals surface area contributed by atoms with Gasteiger partial charge in [-0.15, -0.1) is 11.3 Å². The van der Waals surface area contributed by atoms with Gasteiger partial charge in [-0.3, -0.25) is 0 Å². The van der Waals surface area contributed by atoms with Gasteiger partial charge in [-0.05, 0) is 19.3 Å². The Morgan fingerprint density at radius 2 is 2.35 bits per heavy atom. The first kappa shape index (κ1) is 10.9. The molecule has 2 aromatic heterocycles. The van der Waals surface area contributed by atoms with Gasteiger partial charge >= 0.3 is 0 Å². The van der Waals surface area contributed by atoms with Gasteiger partial charge in [0.05, 0.1) is 11.6 Å². The van der Waals surface area contributed by atoms with Crippen molar-refractivity contribution in [2.45, 2.75) is 37.7 Å². The van der Waals surface area contributed by atoms with E-state index in [0.717, 1.165) is 31.4 Å². The Morgan fingerprint density at radius 1 is 1.41 bits per heavy atom. The van der Waals surface area contributed by atoms with E-state index in [1.807, 2.05) is 5.38 Å². The minimum atomic E-state index is -0.233. The summed E-state index contributed by atoms with van der Waals surface area (Å²) in [4.78, 5) is 8.51. The highest BCUT2D eigenvalue weighted by molar-refractivity contribution is 7.07. The van der Waals surface area contributed by atoms with Gasteiger partial charge in [-0.1, -0.05) is 11.6 Å². The monoisotopic (exact) mass is 251 g/mol. The van der Waals surface area contributed by atoms with Crippen LogP contribution < -0.4 is 0 Å². The Balaban J connectivity index is 1.80. The van der Waals surface area contributed by atoms with Crippen LogP contribution in [0.1, 0.15) is 37.5 Å². The van der Waals surface area contributed by atoms with Gasteiger partial charge in [0.1, 0.15) is 5.69 Å². The third kappa shape index (κ3) is 2.23. The third-order valence-corrected chi connectivity index (χ3v) is 3.69. The molecule has 0 amide bonds. The van der Waals surface area contributed by atoms with Crippen molar-refractivity contribution in [1.29, 1.82) is 0 Å². The molecule has 2 atom stereocenters. The topological polar surface area (TPSA) is 72.0 Å². The van der Waals surface area contributed by atoms with Crippen LogP contribution in [0.4, 0.5) is 0 Å². The smallest absolute Gasteiger partial charge is 0.230 e. The third-order valence-electron chi connectivity index (χ3n) is 3.10. The lowest BCUT2D eigenvalue weighted by Gasteiger charge is -2.22. The minimum absolute atomic E-state index is 0.193. The fraction of sp³-hybridized carbons (Fsp3) is 0.545. The van der Waals surface area contributed by atoms with E-state index in [1.165, 1.54) is 11.3 Å². The number of aliphatic hydroxyl groups is 1. The van der Waals surface area contributed by atoms with Crippen LogP contribution >= 0.6 is 11.3 Å². The SMILES string of the molecule is OC1CCCC(c2nc(-c3cscn3)no2)C1. The first-order chi connectivity index (χ1) is 8.33. The van der Waals surface area contributed by atoms with E-state index in [9.17, 15) is 5.11 Å². The van der Waals surface area contributed by atoms with Crippen LogP contribution in [0.25, 0.3) is 11.5 Å². The minimum Gasteiger partial charge on any atom is -0.393 e. The molecule has 1 N–H and O–H groups in total. The maximum atomic E-state index is 9.63. The summed E-state index contributed by atoms with van der Waals surface area (Å²) in [6, 6.07) is 0. The molecule has 2 aromatic rings. The van der Waals surface area contributed by atoms with Crippen LogP contribution in [-0.4, -0.2) is 26.3 Å². The molecule has 6 heteroatoms. The Labute approximate surface area is 103 Å². The zero-order valence-corrected chi connectivity index (χ0v) is 10.1. The van der Waals surface area contributed by atoms with E-state index in [-0.39, 0.29) is 12.0 Å². The lowest BCUT2D eigenvalue weighted by molar-refractivity contribution is 0.111. The largest absolute Gasteiger partial charge is 0.393 e. The molecule has 1 fully saturated rings. The molecule has 17 heavy (non-hydrogen) atoms. The quantitative estimate of drug-likeness (QED) is 0.886. The molecular formula is C11H13N3O2S.